The van der Waals surface area contributed by atoms with Gasteiger partial charge in [0.25, 0.3) is 5.91 Å². The highest BCUT2D eigenvalue weighted by Gasteiger charge is 2.15. The molecule has 1 aromatic carbocycles. The molecule has 3 nitrogen and oxygen atoms in total. The predicted octanol–water partition coefficient (Wildman–Crippen LogP) is 2.28. The minimum Gasteiger partial charge on any atom is -0.323 e. The molecule has 116 valence electrons. The largest absolute Gasteiger partial charge is 0.323 e. The maximum atomic E-state index is 12.3. The maximum Gasteiger partial charge on any atom is 0.279 e. The van der Waals surface area contributed by atoms with Crippen LogP contribution in [0, 0.1) is 0 Å². The molecular weight excluding hydrogens is 292 g/mol. The molecule has 4 heteroatoms. The number of likely N-dealkylation sites (N-methyl/N-ethyl adjacent to an activating group) is 1. The van der Waals surface area contributed by atoms with Crippen LogP contribution in [0.2, 0.25) is 0 Å². The average Bonchev–Trinajstić information content (AvgIpc) is 3.17. The zero-order valence-electron chi connectivity index (χ0n) is 13.0. The predicted molar refractivity (Wildman–Crippen MR) is 91.5 cm³/mol. The number of hydrogen-bond acceptors (Lipinski definition) is 2. The summed E-state index contributed by atoms with van der Waals surface area (Å²) in [6.07, 6.45) is 3.56. The minimum atomic E-state index is 0.103. The molecule has 1 unspecified atom stereocenters. The minimum absolute atomic E-state index is 0.103. The number of benzene rings is 1. The second-order valence-corrected chi connectivity index (χ2v) is 6.95. The second kappa shape index (κ2) is 7.07. The molecule has 1 atom stereocenters. The Morgan fingerprint density at radius 2 is 2.14 bits per heavy atom. The van der Waals surface area contributed by atoms with E-state index in [0.717, 1.165) is 25.2 Å². The second-order valence-electron chi connectivity index (χ2n) is 5.92. The standard InChI is InChI=1S/C18H22N2OS/c1-2-20(12-17-7-4-10-22-17)13-18(21)19-16-9-8-14-5-3-6-15(14)11-16/h4,7-11H,2-3,5-6,12-13H2,1H3,(H,19,21)/p+1. The fraction of sp³-hybridized carbons (Fsp3) is 0.389. The molecule has 0 fully saturated rings. The summed E-state index contributed by atoms with van der Waals surface area (Å²) in [6.45, 7) is 4.53. The smallest absolute Gasteiger partial charge is 0.279 e. The highest BCUT2D eigenvalue weighted by Crippen LogP contribution is 2.24. The monoisotopic (exact) mass is 315 g/mol. The Balaban J connectivity index is 1.57. The van der Waals surface area contributed by atoms with Crippen LogP contribution in [0.5, 0.6) is 0 Å². The lowest BCUT2D eigenvalue weighted by atomic mass is 10.1. The summed E-state index contributed by atoms with van der Waals surface area (Å²) in [5, 5.41) is 5.15. The van der Waals surface area contributed by atoms with Crippen molar-refractivity contribution in [3.63, 3.8) is 0 Å². The fourth-order valence-corrected chi connectivity index (χ4v) is 3.83. The van der Waals surface area contributed by atoms with Gasteiger partial charge in [0.15, 0.2) is 6.54 Å². The Labute approximate surface area is 136 Å². The third-order valence-electron chi connectivity index (χ3n) is 4.30. The van der Waals surface area contributed by atoms with E-state index in [2.05, 4.69) is 41.9 Å². The lowest BCUT2D eigenvalue weighted by Gasteiger charge is -2.16. The van der Waals surface area contributed by atoms with E-state index in [4.69, 9.17) is 0 Å². The average molecular weight is 315 g/mol. The van der Waals surface area contributed by atoms with Gasteiger partial charge in [-0.15, -0.1) is 11.3 Å². The number of carbonyl (C=O) groups is 1. The third-order valence-corrected chi connectivity index (χ3v) is 5.17. The summed E-state index contributed by atoms with van der Waals surface area (Å²) in [4.78, 5) is 14.9. The summed E-state index contributed by atoms with van der Waals surface area (Å²) < 4.78 is 0. The van der Waals surface area contributed by atoms with Crippen molar-refractivity contribution in [2.24, 2.45) is 0 Å². The molecule has 1 heterocycles. The molecule has 1 aliphatic rings. The van der Waals surface area contributed by atoms with Gasteiger partial charge in [-0.2, -0.15) is 0 Å². The SMILES string of the molecule is CC[NH+](CC(=O)Nc1ccc2c(c1)CCC2)Cc1cccs1. The number of rotatable bonds is 6. The van der Waals surface area contributed by atoms with E-state index in [9.17, 15) is 4.79 Å². The van der Waals surface area contributed by atoms with Gasteiger partial charge in [0.1, 0.15) is 6.54 Å². The Morgan fingerprint density at radius 3 is 2.91 bits per heavy atom. The van der Waals surface area contributed by atoms with Gasteiger partial charge in [0.05, 0.1) is 11.4 Å². The number of quaternary nitrogens is 1. The van der Waals surface area contributed by atoms with Crippen molar-refractivity contribution >= 4 is 22.9 Å². The first-order chi connectivity index (χ1) is 10.7. The van der Waals surface area contributed by atoms with Crippen LogP contribution in [0.4, 0.5) is 5.69 Å². The maximum absolute atomic E-state index is 12.3. The van der Waals surface area contributed by atoms with Gasteiger partial charge in [0.2, 0.25) is 0 Å². The fourth-order valence-electron chi connectivity index (χ4n) is 3.05. The van der Waals surface area contributed by atoms with E-state index < -0.39 is 0 Å². The molecular formula is C18H23N2OS+. The number of aryl methyl sites for hydroxylation is 2. The molecule has 1 aromatic heterocycles. The van der Waals surface area contributed by atoms with Gasteiger partial charge in [-0.3, -0.25) is 4.79 Å². The molecule has 0 saturated heterocycles. The number of anilines is 1. The molecule has 3 rings (SSSR count). The van der Waals surface area contributed by atoms with Crippen LogP contribution < -0.4 is 10.2 Å². The third kappa shape index (κ3) is 3.76. The van der Waals surface area contributed by atoms with Crippen LogP contribution in [-0.2, 0) is 24.2 Å². The van der Waals surface area contributed by atoms with Gasteiger partial charge < -0.3 is 10.2 Å². The number of nitrogens with one attached hydrogen (secondary N) is 2. The lowest BCUT2D eigenvalue weighted by Crippen LogP contribution is -3.11. The number of thiophene rings is 1. The number of amides is 1. The zero-order chi connectivity index (χ0) is 15.4. The van der Waals surface area contributed by atoms with Crippen molar-refractivity contribution in [1.82, 2.24) is 0 Å². The summed E-state index contributed by atoms with van der Waals surface area (Å²) in [6, 6.07) is 10.5. The van der Waals surface area contributed by atoms with Gasteiger partial charge in [-0.25, -0.2) is 0 Å². The summed E-state index contributed by atoms with van der Waals surface area (Å²) >= 11 is 1.76. The van der Waals surface area contributed by atoms with Crippen LogP contribution in [0.25, 0.3) is 0 Å². The zero-order valence-corrected chi connectivity index (χ0v) is 13.8. The highest BCUT2D eigenvalue weighted by molar-refractivity contribution is 7.09. The molecule has 0 radical (unpaired) electrons. The van der Waals surface area contributed by atoms with Gasteiger partial charge in [-0.05, 0) is 60.9 Å². The van der Waals surface area contributed by atoms with Crippen molar-refractivity contribution in [1.29, 1.82) is 0 Å². The Bertz CT molecular complexity index is 637. The molecule has 22 heavy (non-hydrogen) atoms. The first-order valence-electron chi connectivity index (χ1n) is 8.02. The van der Waals surface area contributed by atoms with Crippen molar-refractivity contribution in [2.75, 3.05) is 18.4 Å². The Hall–Kier alpha value is -1.65. The summed E-state index contributed by atoms with van der Waals surface area (Å²) in [7, 11) is 0. The highest BCUT2D eigenvalue weighted by atomic mass is 32.1. The molecule has 0 bridgehead atoms. The van der Waals surface area contributed by atoms with Gasteiger partial charge in [-0.1, -0.05) is 12.1 Å². The lowest BCUT2D eigenvalue weighted by molar-refractivity contribution is -0.903. The number of fused-ring (bicyclic) bond motifs is 1. The van der Waals surface area contributed by atoms with Crippen LogP contribution in [0.15, 0.2) is 35.7 Å². The Kier molecular flexibility index (Phi) is 4.90. The molecule has 1 amide bonds. The van der Waals surface area contributed by atoms with Gasteiger partial charge in [0, 0.05) is 5.69 Å². The van der Waals surface area contributed by atoms with E-state index in [1.807, 2.05) is 6.07 Å². The quantitative estimate of drug-likeness (QED) is 0.842. The van der Waals surface area contributed by atoms with E-state index >= 15 is 0 Å². The van der Waals surface area contributed by atoms with E-state index in [1.54, 1.807) is 11.3 Å². The van der Waals surface area contributed by atoms with Crippen molar-refractivity contribution in [3.05, 3.63) is 51.7 Å². The van der Waals surface area contributed by atoms with Crippen molar-refractivity contribution < 1.29 is 9.69 Å². The summed E-state index contributed by atoms with van der Waals surface area (Å²) in [5.74, 6) is 0.103. The summed E-state index contributed by atoms with van der Waals surface area (Å²) in [5.41, 5.74) is 3.78. The molecule has 0 aliphatic heterocycles. The van der Waals surface area contributed by atoms with Crippen LogP contribution in [-0.4, -0.2) is 19.0 Å². The number of carbonyl (C=O) groups excluding carboxylic acids is 1. The van der Waals surface area contributed by atoms with E-state index in [0.29, 0.717) is 6.54 Å². The normalized spacial score (nSPS) is 14.6. The molecule has 2 N–H and O–H groups in total. The molecule has 2 aromatic rings. The first kappa shape index (κ1) is 15.3. The number of hydrogen-bond donors (Lipinski definition) is 2. The topological polar surface area (TPSA) is 33.5 Å². The van der Waals surface area contributed by atoms with Crippen molar-refractivity contribution in [3.8, 4) is 0 Å². The van der Waals surface area contributed by atoms with E-state index in [-0.39, 0.29) is 5.91 Å². The van der Waals surface area contributed by atoms with Crippen LogP contribution in [0.1, 0.15) is 29.3 Å². The van der Waals surface area contributed by atoms with E-state index in [1.165, 1.54) is 33.7 Å². The first-order valence-corrected chi connectivity index (χ1v) is 8.90. The Morgan fingerprint density at radius 1 is 1.27 bits per heavy atom. The molecule has 0 saturated carbocycles. The molecule has 0 spiro atoms. The van der Waals surface area contributed by atoms with Crippen LogP contribution >= 0.6 is 11.3 Å². The van der Waals surface area contributed by atoms with Gasteiger partial charge >= 0.3 is 0 Å². The van der Waals surface area contributed by atoms with Crippen molar-refractivity contribution in [2.45, 2.75) is 32.7 Å². The van der Waals surface area contributed by atoms with Crippen LogP contribution in [0.3, 0.4) is 0 Å². The molecule has 1 aliphatic carbocycles.